The fraction of sp³-hybridized carbons (Fsp3) is 0.750. The summed E-state index contributed by atoms with van der Waals surface area (Å²) in [6, 6.07) is 0. The highest BCUT2D eigenvalue weighted by molar-refractivity contribution is 4.95. The van der Waals surface area contributed by atoms with Crippen LogP contribution in [0.5, 0.6) is 0 Å². The van der Waals surface area contributed by atoms with Crippen LogP contribution in [0.2, 0.25) is 0 Å². The van der Waals surface area contributed by atoms with Crippen molar-refractivity contribution in [3.63, 3.8) is 0 Å². The van der Waals surface area contributed by atoms with Crippen LogP contribution >= 0.6 is 0 Å². The smallest absolute Gasteiger partial charge is 0.208 e. The standard InChI is InChI=1S/C12H22N2O/c1-4-6-13-9-12-14-8-11(15-12)7-10(3)5-2/h8,10,13H,4-7,9H2,1-3H3. The molecule has 1 aromatic heterocycles. The van der Waals surface area contributed by atoms with E-state index in [-0.39, 0.29) is 0 Å². The van der Waals surface area contributed by atoms with Crippen molar-refractivity contribution >= 4 is 0 Å². The average molecular weight is 210 g/mol. The Morgan fingerprint density at radius 3 is 2.93 bits per heavy atom. The Kier molecular flexibility index (Phi) is 5.40. The molecular formula is C12H22N2O. The summed E-state index contributed by atoms with van der Waals surface area (Å²) in [5.74, 6) is 2.49. The van der Waals surface area contributed by atoms with Crippen LogP contribution in [-0.4, -0.2) is 11.5 Å². The van der Waals surface area contributed by atoms with Gasteiger partial charge < -0.3 is 9.73 Å². The zero-order chi connectivity index (χ0) is 11.1. The van der Waals surface area contributed by atoms with Gasteiger partial charge in [-0.3, -0.25) is 0 Å². The van der Waals surface area contributed by atoms with Crippen LogP contribution in [0.3, 0.4) is 0 Å². The molecule has 1 aromatic rings. The predicted molar refractivity (Wildman–Crippen MR) is 61.7 cm³/mol. The van der Waals surface area contributed by atoms with E-state index >= 15 is 0 Å². The van der Waals surface area contributed by atoms with Crippen molar-refractivity contribution in [2.24, 2.45) is 5.92 Å². The van der Waals surface area contributed by atoms with Crippen LogP contribution in [0, 0.1) is 5.92 Å². The van der Waals surface area contributed by atoms with E-state index in [9.17, 15) is 0 Å². The number of oxazole rings is 1. The SMILES string of the molecule is CCCNCc1ncc(CC(C)CC)o1. The lowest BCUT2D eigenvalue weighted by Gasteiger charge is -2.03. The van der Waals surface area contributed by atoms with Crippen molar-refractivity contribution in [1.29, 1.82) is 0 Å². The third-order valence-corrected chi connectivity index (χ3v) is 2.55. The topological polar surface area (TPSA) is 38.1 Å². The van der Waals surface area contributed by atoms with Crippen LogP contribution < -0.4 is 5.32 Å². The Hall–Kier alpha value is -0.830. The highest BCUT2D eigenvalue weighted by Crippen LogP contribution is 2.12. The largest absolute Gasteiger partial charge is 0.444 e. The van der Waals surface area contributed by atoms with Crippen molar-refractivity contribution in [2.45, 2.75) is 46.6 Å². The fourth-order valence-electron chi connectivity index (χ4n) is 1.38. The molecule has 0 saturated carbocycles. The third-order valence-electron chi connectivity index (χ3n) is 2.55. The summed E-state index contributed by atoms with van der Waals surface area (Å²) < 4.78 is 5.63. The normalized spacial score (nSPS) is 13.0. The molecule has 1 unspecified atom stereocenters. The molecule has 1 heterocycles. The lowest BCUT2D eigenvalue weighted by atomic mass is 10.0. The lowest BCUT2D eigenvalue weighted by Crippen LogP contribution is -2.13. The molecule has 0 fully saturated rings. The van der Waals surface area contributed by atoms with E-state index in [1.807, 2.05) is 6.20 Å². The number of nitrogens with zero attached hydrogens (tertiary/aromatic N) is 1. The van der Waals surface area contributed by atoms with Crippen LogP contribution in [-0.2, 0) is 13.0 Å². The molecule has 1 atom stereocenters. The summed E-state index contributed by atoms with van der Waals surface area (Å²) in [7, 11) is 0. The molecule has 0 bridgehead atoms. The Labute approximate surface area is 92.3 Å². The summed E-state index contributed by atoms with van der Waals surface area (Å²) in [5.41, 5.74) is 0. The number of nitrogens with one attached hydrogen (secondary N) is 1. The van der Waals surface area contributed by atoms with Gasteiger partial charge in [0.15, 0.2) is 0 Å². The van der Waals surface area contributed by atoms with E-state index in [0.717, 1.165) is 37.6 Å². The number of rotatable bonds is 7. The number of hydrogen-bond acceptors (Lipinski definition) is 3. The van der Waals surface area contributed by atoms with Gasteiger partial charge in [0, 0.05) is 6.42 Å². The molecular weight excluding hydrogens is 188 g/mol. The van der Waals surface area contributed by atoms with E-state index in [4.69, 9.17) is 4.42 Å². The number of aromatic nitrogens is 1. The molecule has 0 amide bonds. The Morgan fingerprint density at radius 2 is 2.27 bits per heavy atom. The van der Waals surface area contributed by atoms with E-state index in [2.05, 4.69) is 31.1 Å². The van der Waals surface area contributed by atoms with Gasteiger partial charge in [-0.2, -0.15) is 0 Å². The molecule has 0 aliphatic heterocycles. The minimum atomic E-state index is 0.675. The first-order valence-electron chi connectivity index (χ1n) is 5.90. The van der Waals surface area contributed by atoms with Gasteiger partial charge in [-0.15, -0.1) is 0 Å². The van der Waals surface area contributed by atoms with Gasteiger partial charge in [0.05, 0.1) is 12.7 Å². The third kappa shape index (κ3) is 4.47. The monoisotopic (exact) mass is 210 g/mol. The van der Waals surface area contributed by atoms with Gasteiger partial charge in [-0.1, -0.05) is 27.2 Å². The zero-order valence-corrected chi connectivity index (χ0v) is 10.0. The first-order valence-corrected chi connectivity index (χ1v) is 5.90. The van der Waals surface area contributed by atoms with Crippen LogP contribution in [0.4, 0.5) is 0 Å². The Morgan fingerprint density at radius 1 is 1.47 bits per heavy atom. The van der Waals surface area contributed by atoms with Crippen LogP contribution in [0.15, 0.2) is 10.6 Å². The molecule has 1 rings (SSSR count). The van der Waals surface area contributed by atoms with Gasteiger partial charge >= 0.3 is 0 Å². The zero-order valence-electron chi connectivity index (χ0n) is 10.0. The lowest BCUT2D eigenvalue weighted by molar-refractivity contribution is 0.408. The van der Waals surface area contributed by atoms with E-state index in [0.29, 0.717) is 5.92 Å². The number of hydrogen-bond donors (Lipinski definition) is 1. The Balaban J connectivity index is 2.35. The molecule has 0 aliphatic carbocycles. The van der Waals surface area contributed by atoms with Crippen LogP contribution in [0.25, 0.3) is 0 Å². The van der Waals surface area contributed by atoms with Crippen molar-refractivity contribution in [1.82, 2.24) is 10.3 Å². The second kappa shape index (κ2) is 6.62. The van der Waals surface area contributed by atoms with Gasteiger partial charge in [0.25, 0.3) is 0 Å². The summed E-state index contributed by atoms with van der Waals surface area (Å²) in [5, 5.41) is 3.28. The van der Waals surface area contributed by atoms with Gasteiger partial charge in [-0.25, -0.2) is 4.98 Å². The molecule has 0 aromatic carbocycles. The highest BCUT2D eigenvalue weighted by Gasteiger charge is 2.06. The van der Waals surface area contributed by atoms with E-state index in [1.54, 1.807) is 0 Å². The molecule has 0 aliphatic rings. The molecule has 0 radical (unpaired) electrons. The summed E-state index contributed by atoms with van der Waals surface area (Å²) in [6.45, 7) is 8.34. The molecule has 3 heteroatoms. The van der Waals surface area contributed by atoms with E-state index in [1.165, 1.54) is 6.42 Å². The van der Waals surface area contributed by atoms with Crippen LogP contribution in [0.1, 0.15) is 45.3 Å². The molecule has 86 valence electrons. The summed E-state index contributed by atoms with van der Waals surface area (Å²) >= 11 is 0. The second-order valence-electron chi connectivity index (χ2n) is 4.11. The van der Waals surface area contributed by atoms with Gasteiger partial charge in [0.2, 0.25) is 5.89 Å². The summed E-state index contributed by atoms with van der Waals surface area (Å²) in [4.78, 5) is 4.25. The van der Waals surface area contributed by atoms with Gasteiger partial charge in [0.1, 0.15) is 5.76 Å². The van der Waals surface area contributed by atoms with Gasteiger partial charge in [-0.05, 0) is 18.9 Å². The van der Waals surface area contributed by atoms with Crippen molar-refractivity contribution in [2.75, 3.05) is 6.54 Å². The molecule has 3 nitrogen and oxygen atoms in total. The first-order chi connectivity index (χ1) is 7.26. The van der Waals surface area contributed by atoms with Crippen molar-refractivity contribution < 1.29 is 4.42 Å². The second-order valence-corrected chi connectivity index (χ2v) is 4.11. The Bertz CT molecular complexity index is 270. The maximum atomic E-state index is 5.63. The molecule has 15 heavy (non-hydrogen) atoms. The summed E-state index contributed by atoms with van der Waals surface area (Å²) in [6.07, 6.45) is 5.18. The average Bonchev–Trinajstić information content (AvgIpc) is 2.66. The highest BCUT2D eigenvalue weighted by atomic mass is 16.4. The fourth-order valence-corrected chi connectivity index (χ4v) is 1.38. The predicted octanol–water partition coefficient (Wildman–Crippen LogP) is 2.76. The minimum Gasteiger partial charge on any atom is -0.444 e. The van der Waals surface area contributed by atoms with E-state index < -0.39 is 0 Å². The minimum absolute atomic E-state index is 0.675. The molecule has 1 N–H and O–H groups in total. The quantitative estimate of drug-likeness (QED) is 0.703. The molecule has 0 saturated heterocycles. The maximum absolute atomic E-state index is 5.63. The maximum Gasteiger partial charge on any atom is 0.208 e. The molecule has 0 spiro atoms. The first kappa shape index (κ1) is 12.2. The van der Waals surface area contributed by atoms with Crippen molar-refractivity contribution in [3.8, 4) is 0 Å². The van der Waals surface area contributed by atoms with Crippen molar-refractivity contribution in [3.05, 3.63) is 17.8 Å².